The van der Waals surface area contributed by atoms with E-state index in [1.807, 2.05) is 25.3 Å². The molecule has 2 aromatic heterocycles. The van der Waals surface area contributed by atoms with Gasteiger partial charge in [-0.15, -0.1) is 0 Å². The molecule has 0 saturated heterocycles. The minimum Gasteiger partial charge on any atom is -0.512 e. The zero-order chi connectivity index (χ0) is 24.9. The Bertz CT molecular complexity index is 1600. The Morgan fingerprint density at radius 1 is 0.943 bits per heavy atom. The largest absolute Gasteiger partial charge is 0.512 e. The molecule has 3 heteroatoms. The van der Waals surface area contributed by atoms with E-state index in [-0.39, 0.29) is 5.41 Å². The van der Waals surface area contributed by atoms with E-state index in [1.165, 1.54) is 16.3 Å². The standard InChI is InChI=1S/C32H33NO2/c1-19(2)15-27(34)20(3)21-11-12-25-29(18-21)35-28-13-14-33-31(30(25)28)23-16-22-9-7-8-10-24(22)26(17-23)32(4,5)6/h7-14,16-19,34H,15H2,1-6H3/b27-20-. The smallest absolute Gasteiger partial charge is 0.139 e. The number of allylic oxidation sites excluding steroid dienone is 2. The van der Waals surface area contributed by atoms with Gasteiger partial charge in [0.1, 0.15) is 11.2 Å². The van der Waals surface area contributed by atoms with Crippen LogP contribution in [0.25, 0.3) is 49.5 Å². The molecule has 0 saturated carbocycles. The summed E-state index contributed by atoms with van der Waals surface area (Å²) in [5, 5.41) is 15.1. The van der Waals surface area contributed by atoms with Crippen LogP contribution < -0.4 is 0 Å². The molecule has 0 fully saturated rings. The van der Waals surface area contributed by atoms with Crippen LogP contribution in [0.2, 0.25) is 0 Å². The molecule has 0 aliphatic carbocycles. The number of furan rings is 1. The lowest BCUT2D eigenvalue weighted by atomic mass is 9.82. The first kappa shape index (κ1) is 23.2. The fraction of sp³-hybridized carbons (Fsp3) is 0.281. The summed E-state index contributed by atoms with van der Waals surface area (Å²) in [6.45, 7) is 13.0. The van der Waals surface area contributed by atoms with Gasteiger partial charge in [-0.2, -0.15) is 0 Å². The predicted octanol–water partition coefficient (Wildman–Crippen LogP) is 9.43. The van der Waals surface area contributed by atoms with E-state index in [2.05, 4.69) is 83.1 Å². The number of benzene rings is 3. The van der Waals surface area contributed by atoms with Crippen LogP contribution >= 0.6 is 0 Å². The summed E-state index contributed by atoms with van der Waals surface area (Å²) in [7, 11) is 0. The molecule has 0 atom stereocenters. The van der Waals surface area contributed by atoms with Gasteiger partial charge in [-0.25, -0.2) is 0 Å². The number of aliphatic hydroxyl groups is 1. The first-order valence-corrected chi connectivity index (χ1v) is 12.4. The molecule has 3 nitrogen and oxygen atoms in total. The van der Waals surface area contributed by atoms with E-state index in [1.54, 1.807) is 0 Å². The Morgan fingerprint density at radius 3 is 2.46 bits per heavy atom. The van der Waals surface area contributed by atoms with Gasteiger partial charge in [0.2, 0.25) is 0 Å². The number of rotatable bonds is 4. The number of pyridine rings is 1. The second kappa shape index (κ2) is 8.57. The summed E-state index contributed by atoms with van der Waals surface area (Å²) < 4.78 is 6.31. The topological polar surface area (TPSA) is 46.3 Å². The molecule has 1 N–H and O–H groups in total. The van der Waals surface area contributed by atoms with Gasteiger partial charge in [-0.3, -0.25) is 4.98 Å². The lowest BCUT2D eigenvalue weighted by molar-refractivity contribution is 0.367. The molecule has 0 aliphatic heterocycles. The maximum atomic E-state index is 10.6. The van der Waals surface area contributed by atoms with E-state index in [0.717, 1.165) is 44.3 Å². The maximum Gasteiger partial charge on any atom is 0.139 e. The van der Waals surface area contributed by atoms with Crippen LogP contribution in [0.5, 0.6) is 0 Å². The minimum absolute atomic E-state index is 0.00127. The van der Waals surface area contributed by atoms with Crippen molar-refractivity contribution in [2.45, 2.75) is 53.4 Å². The third kappa shape index (κ3) is 4.20. The third-order valence-electron chi connectivity index (χ3n) is 6.79. The fourth-order valence-corrected chi connectivity index (χ4v) is 4.95. The molecule has 2 heterocycles. The van der Waals surface area contributed by atoms with E-state index in [4.69, 9.17) is 9.40 Å². The van der Waals surface area contributed by atoms with Crippen molar-refractivity contribution in [3.05, 3.63) is 83.7 Å². The first-order valence-electron chi connectivity index (χ1n) is 12.4. The maximum absolute atomic E-state index is 10.6. The molecule has 5 aromatic rings. The van der Waals surface area contributed by atoms with E-state index < -0.39 is 0 Å². The Hall–Kier alpha value is -3.59. The van der Waals surface area contributed by atoms with Crippen LogP contribution in [-0.2, 0) is 5.41 Å². The summed E-state index contributed by atoms with van der Waals surface area (Å²) in [5.41, 5.74) is 6.82. The van der Waals surface area contributed by atoms with Crippen LogP contribution in [0.3, 0.4) is 0 Å². The highest BCUT2D eigenvalue weighted by Gasteiger charge is 2.21. The molecule has 35 heavy (non-hydrogen) atoms. The number of fused-ring (bicyclic) bond motifs is 4. The molecular weight excluding hydrogens is 430 g/mol. The van der Waals surface area contributed by atoms with Gasteiger partial charge in [0, 0.05) is 23.6 Å². The molecule has 5 rings (SSSR count). The number of aliphatic hydroxyl groups excluding tert-OH is 1. The number of hydrogen-bond donors (Lipinski definition) is 1. The minimum atomic E-state index is -0.00127. The molecule has 0 unspecified atom stereocenters. The highest BCUT2D eigenvalue weighted by Crippen LogP contribution is 2.40. The van der Waals surface area contributed by atoms with Crippen LogP contribution in [0.15, 0.2) is 77.0 Å². The van der Waals surface area contributed by atoms with Gasteiger partial charge in [-0.1, -0.05) is 65.0 Å². The highest BCUT2D eigenvalue weighted by atomic mass is 16.3. The van der Waals surface area contributed by atoms with Gasteiger partial charge in [0.25, 0.3) is 0 Å². The van der Waals surface area contributed by atoms with Crippen LogP contribution in [0.1, 0.15) is 59.1 Å². The summed E-state index contributed by atoms with van der Waals surface area (Å²) in [6, 6.07) is 21.2. The summed E-state index contributed by atoms with van der Waals surface area (Å²) in [6.07, 6.45) is 2.49. The van der Waals surface area contributed by atoms with E-state index in [0.29, 0.717) is 18.1 Å². The van der Waals surface area contributed by atoms with E-state index in [9.17, 15) is 5.11 Å². The Balaban J connectivity index is 1.73. The second-order valence-corrected chi connectivity index (χ2v) is 11.0. The van der Waals surface area contributed by atoms with Gasteiger partial charge in [0.05, 0.1) is 16.8 Å². The molecule has 3 aromatic carbocycles. The summed E-state index contributed by atoms with van der Waals surface area (Å²) in [4.78, 5) is 4.84. The van der Waals surface area contributed by atoms with Crippen molar-refractivity contribution in [1.82, 2.24) is 4.98 Å². The average molecular weight is 464 g/mol. The van der Waals surface area contributed by atoms with Gasteiger partial charge in [-0.05, 0) is 76.1 Å². The number of nitrogens with zero attached hydrogens (tertiary/aromatic N) is 1. The number of aromatic nitrogens is 1. The summed E-state index contributed by atoms with van der Waals surface area (Å²) >= 11 is 0. The van der Waals surface area contributed by atoms with Crippen molar-refractivity contribution in [2.24, 2.45) is 5.92 Å². The quantitative estimate of drug-likeness (QED) is 0.270. The van der Waals surface area contributed by atoms with E-state index >= 15 is 0 Å². The molecule has 0 radical (unpaired) electrons. The molecule has 0 amide bonds. The summed E-state index contributed by atoms with van der Waals surface area (Å²) in [5.74, 6) is 0.831. The lowest BCUT2D eigenvalue weighted by Gasteiger charge is -2.22. The van der Waals surface area contributed by atoms with Crippen molar-refractivity contribution >= 4 is 38.3 Å². The fourth-order valence-electron chi connectivity index (χ4n) is 4.95. The second-order valence-electron chi connectivity index (χ2n) is 11.0. The lowest BCUT2D eigenvalue weighted by Crippen LogP contribution is -2.12. The SMILES string of the molecule is C/C(=C(/O)CC(C)C)c1ccc2c(c1)oc1ccnc(-c3cc(C(C)(C)C)c4ccccc4c3)c12. The van der Waals surface area contributed by atoms with Crippen molar-refractivity contribution in [1.29, 1.82) is 0 Å². The Kier molecular flexibility index (Phi) is 5.67. The van der Waals surface area contributed by atoms with Gasteiger partial charge in [0.15, 0.2) is 0 Å². The molecule has 0 spiro atoms. The van der Waals surface area contributed by atoms with Crippen molar-refractivity contribution in [3.63, 3.8) is 0 Å². The Morgan fingerprint density at radius 2 is 1.71 bits per heavy atom. The highest BCUT2D eigenvalue weighted by molar-refractivity contribution is 6.12. The molecule has 178 valence electrons. The van der Waals surface area contributed by atoms with Gasteiger partial charge < -0.3 is 9.52 Å². The normalized spacial score (nSPS) is 13.2. The van der Waals surface area contributed by atoms with Crippen LogP contribution in [-0.4, -0.2) is 10.1 Å². The zero-order valence-electron chi connectivity index (χ0n) is 21.4. The molecule has 0 aliphatic rings. The van der Waals surface area contributed by atoms with Crippen molar-refractivity contribution in [2.75, 3.05) is 0 Å². The average Bonchev–Trinajstić information content (AvgIpc) is 3.19. The third-order valence-corrected chi connectivity index (χ3v) is 6.79. The van der Waals surface area contributed by atoms with Gasteiger partial charge >= 0.3 is 0 Å². The van der Waals surface area contributed by atoms with Crippen LogP contribution in [0.4, 0.5) is 0 Å². The molecule has 0 bridgehead atoms. The molecular formula is C32H33NO2. The van der Waals surface area contributed by atoms with Crippen molar-refractivity contribution in [3.8, 4) is 11.3 Å². The number of hydrogen-bond acceptors (Lipinski definition) is 3. The zero-order valence-corrected chi connectivity index (χ0v) is 21.4. The first-order chi connectivity index (χ1) is 16.6. The monoisotopic (exact) mass is 463 g/mol. The van der Waals surface area contributed by atoms with Crippen molar-refractivity contribution < 1.29 is 9.52 Å². The Labute approximate surface area is 207 Å². The predicted molar refractivity (Wildman–Crippen MR) is 148 cm³/mol. The van der Waals surface area contributed by atoms with Crippen LogP contribution in [0, 0.1) is 5.92 Å².